The minimum Gasteiger partial charge on any atom is -0.497 e. The van der Waals surface area contributed by atoms with E-state index in [2.05, 4.69) is 21.3 Å². The van der Waals surface area contributed by atoms with Gasteiger partial charge in [-0.15, -0.1) is 11.8 Å². The van der Waals surface area contributed by atoms with Crippen molar-refractivity contribution < 1.29 is 34.4 Å². The van der Waals surface area contributed by atoms with Crippen molar-refractivity contribution in [2.45, 2.75) is 49.5 Å². The summed E-state index contributed by atoms with van der Waals surface area (Å²) in [4.78, 5) is 30.5. The van der Waals surface area contributed by atoms with Crippen LogP contribution in [-0.4, -0.2) is 89.8 Å². The van der Waals surface area contributed by atoms with Crippen LogP contribution >= 0.6 is 23.4 Å². The van der Waals surface area contributed by atoms with E-state index in [1.54, 1.807) is 32.0 Å². The first-order chi connectivity index (χ1) is 22.2. The number of aliphatic hydroxyl groups excluding tert-OH is 1. The van der Waals surface area contributed by atoms with Gasteiger partial charge in [0.2, 0.25) is 0 Å². The Morgan fingerprint density at radius 1 is 1.11 bits per heavy atom. The Hall–Kier alpha value is -3.09. The number of thioether (sulfide) groups is 1. The zero-order chi connectivity index (χ0) is 33.1. The molecule has 46 heavy (non-hydrogen) atoms. The van der Waals surface area contributed by atoms with Gasteiger partial charge in [-0.05, 0) is 95.0 Å². The second-order valence-corrected chi connectivity index (χ2v) is 13.3. The maximum absolute atomic E-state index is 12.4. The number of pyridine rings is 1. The van der Waals surface area contributed by atoms with Crippen LogP contribution in [0.4, 0.5) is 0 Å². The van der Waals surface area contributed by atoms with Crippen LogP contribution in [0.25, 0.3) is 10.9 Å². The second-order valence-electron chi connectivity index (χ2n) is 11.7. The van der Waals surface area contributed by atoms with Crippen LogP contribution in [-0.2, 0) is 9.59 Å². The molecule has 1 aromatic heterocycles. The van der Waals surface area contributed by atoms with Crippen molar-refractivity contribution in [3.05, 3.63) is 59.2 Å². The van der Waals surface area contributed by atoms with E-state index in [9.17, 15) is 19.8 Å². The lowest BCUT2D eigenvalue weighted by atomic mass is 9.74. The van der Waals surface area contributed by atoms with Crippen molar-refractivity contribution in [1.29, 1.82) is 0 Å². The number of benzene rings is 2. The van der Waals surface area contributed by atoms with E-state index in [-0.39, 0.29) is 5.92 Å². The number of nitrogens with one attached hydrogen (secondary N) is 1. The monoisotopic (exact) mass is 673 g/mol. The SMILES string of the molecule is COc1ccc2ncc(Cl)c(C(O)CCC3(C(=O)O)CCN(CCSc4ccccc4OC)CC3)c2c1.O=C(O)C1CCNCC1. The van der Waals surface area contributed by atoms with Gasteiger partial charge in [0.05, 0.1) is 42.2 Å². The van der Waals surface area contributed by atoms with Crippen molar-refractivity contribution in [3.63, 3.8) is 0 Å². The van der Waals surface area contributed by atoms with Gasteiger partial charge in [-0.2, -0.15) is 0 Å². The van der Waals surface area contributed by atoms with Crippen molar-refractivity contribution in [2.24, 2.45) is 11.3 Å². The molecule has 2 aliphatic heterocycles. The number of aromatic nitrogens is 1. The lowest BCUT2D eigenvalue weighted by Gasteiger charge is -2.39. The zero-order valence-corrected chi connectivity index (χ0v) is 28.0. The van der Waals surface area contributed by atoms with Gasteiger partial charge in [-0.1, -0.05) is 23.7 Å². The highest BCUT2D eigenvalue weighted by Gasteiger charge is 2.41. The maximum Gasteiger partial charge on any atom is 0.309 e. The smallest absolute Gasteiger partial charge is 0.309 e. The van der Waals surface area contributed by atoms with Crippen molar-refractivity contribution >= 4 is 46.2 Å². The lowest BCUT2D eigenvalue weighted by molar-refractivity contribution is -0.153. The van der Waals surface area contributed by atoms with E-state index in [0.717, 1.165) is 48.9 Å². The highest BCUT2D eigenvalue weighted by molar-refractivity contribution is 7.99. The normalized spacial score (nSPS) is 17.5. The third kappa shape index (κ3) is 9.25. The Balaban J connectivity index is 0.000000459. The van der Waals surface area contributed by atoms with Crippen LogP contribution < -0.4 is 14.8 Å². The van der Waals surface area contributed by atoms with Gasteiger partial charge in [-0.25, -0.2) is 0 Å². The number of carboxylic acid groups (broad SMARTS) is 2. The molecule has 2 aliphatic rings. The van der Waals surface area contributed by atoms with Gasteiger partial charge in [0, 0.05) is 34.3 Å². The summed E-state index contributed by atoms with van der Waals surface area (Å²) in [6, 6.07) is 13.4. The molecule has 10 nitrogen and oxygen atoms in total. The summed E-state index contributed by atoms with van der Waals surface area (Å²) >= 11 is 8.19. The van der Waals surface area contributed by atoms with Crippen molar-refractivity contribution in [2.75, 3.05) is 52.7 Å². The minimum atomic E-state index is -0.906. The molecule has 0 saturated carbocycles. The first kappa shape index (κ1) is 35.8. The third-order valence-electron chi connectivity index (χ3n) is 8.99. The molecule has 0 aliphatic carbocycles. The van der Waals surface area contributed by atoms with Crippen LogP contribution in [0.5, 0.6) is 11.5 Å². The molecule has 1 unspecified atom stereocenters. The summed E-state index contributed by atoms with van der Waals surface area (Å²) in [6.07, 6.45) is 3.97. The molecule has 1 atom stereocenters. The number of aliphatic carboxylic acids is 2. The fraction of sp³-hybridized carbons (Fsp3) is 0.500. The Morgan fingerprint density at radius 3 is 2.46 bits per heavy atom. The largest absolute Gasteiger partial charge is 0.497 e. The Kier molecular flexibility index (Phi) is 13.3. The summed E-state index contributed by atoms with van der Waals surface area (Å²) < 4.78 is 10.8. The molecule has 0 spiro atoms. The number of rotatable bonds is 12. The van der Waals surface area contributed by atoms with Gasteiger partial charge < -0.3 is 35.0 Å². The fourth-order valence-electron chi connectivity index (χ4n) is 6.06. The average molecular weight is 674 g/mol. The Labute approximate surface area is 279 Å². The molecule has 2 aromatic carbocycles. The maximum atomic E-state index is 12.4. The molecule has 0 radical (unpaired) electrons. The van der Waals surface area contributed by atoms with Crippen molar-refractivity contribution in [3.8, 4) is 11.5 Å². The highest BCUT2D eigenvalue weighted by Crippen LogP contribution is 2.41. The molecule has 250 valence electrons. The zero-order valence-electron chi connectivity index (χ0n) is 26.4. The third-order valence-corrected chi connectivity index (χ3v) is 10.3. The molecule has 2 saturated heterocycles. The number of fused-ring (bicyclic) bond motifs is 1. The highest BCUT2D eigenvalue weighted by atomic mass is 35.5. The summed E-state index contributed by atoms with van der Waals surface area (Å²) in [5, 5.41) is 34.0. The first-order valence-electron chi connectivity index (χ1n) is 15.6. The Morgan fingerprint density at radius 2 is 1.83 bits per heavy atom. The van der Waals surface area contributed by atoms with Gasteiger partial charge in [-0.3, -0.25) is 14.6 Å². The van der Waals surface area contributed by atoms with Crippen LogP contribution in [0.15, 0.2) is 53.6 Å². The van der Waals surface area contributed by atoms with Crippen molar-refractivity contribution in [1.82, 2.24) is 15.2 Å². The summed E-state index contributed by atoms with van der Waals surface area (Å²) in [5.74, 6) is 0.882. The molecule has 0 amide bonds. The Bertz CT molecular complexity index is 1460. The molecule has 3 aromatic rings. The summed E-state index contributed by atoms with van der Waals surface area (Å²) in [7, 11) is 3.25. The predicted octanol–water partition coefficient (Wildman–Crippen LogP) is 5.75. The number of carbonyl (C=O) groups is 2. The minimum absolute atomic E-state index is 0.0914. The average Bonchev–Trinajstić information content (AvgIpc) is 3.08. The molecule has 3 heterocycles. The number of likely N-dealkylation sites (tertiary alicyclic amines) is 1. The number of nitrogens with zero attached hydrogens (tertiary/aromatic N) is 2. The summed E-state index contributed by atoms with van der Waals surface area (Å²) in [6.45, 7) is 4.02. The van der Waals surface area contributed by atoms with Gasteiger partial charge >= 0.3 is 11.9 Å². The quantitative estimate of drug-likeness (QED) is 0.175. The van der Waals surface area contributed by atoms with E-state index in [1.165, 1.54) is 6.20 Å². The standard InChI is InChI=1S/C28H33ClN2O5S.C6H11NO2/c1-35-19-7-8-22-20(17-19)26(21(29)18-30-22)23(32)9-10-28(27(33)34)11-13-31(14-12-28)15-16-37-25-6-4-3-5-24(25)36-2;8-6(9)5-1-3-7-4-2-5/h3-8,17-18,23,32H,9-16H2,1-2H3,(H,33,34);5,7H,1-4H2,(H,8,9). The van der Waals surface area contributed by atoms with Crippen LogP contribution in [0.3, 0.4) is 0 Å². The van der Waals surface area contributed by atoms with Crippen LogP contribution in [0, 0.1) is 11.3 Å². The van der Waals surface area contributed by atoms with Gasteiger partial charge in [0.1, 0.15) is 11.5 Å². The first-order valence-corrected chi connectivity index (χ1v) is 17.0. The second kappa shape index (κ2) is 17.2. The topological polar surface area (TPSA) is 141 Å². The van der Waals surface area contributed by atoms with E-state index in [4.69, 9.17) is 26.2 Å². The summed E-state index contributed by atoms with van der Waals surface area (Å²) in [5.41, 5.74) is 0.406. The number of carboxylic acids is 2. The molecule has 5 rings (SSSR count). The van der Waals surface area contributed by atoms with E-state index in [0.29, 0.717) is 66.0 Å². The number of ether oxygens (including phenoxy) is 2. The van der Waals surface area contributed by atoms with E-state index in [1.807, 2.05) is 30.3 Å². The number of halogens is 1. The number of methoxy groups -OCH3 is 2. The van der Waals surface area contributed by atoms with Gasteiger partial charge in [0.25, 0.3) is 0 Å². The molecular weight excluding hydrogens is 630 g/mol. The predicted molar refractivity (Wildman–Crippen MR) is 180 cm³/mol. The fourth-order valence-corrected chi connectivity index (χ4v) is 7.37. The van der Waals surface area contributed by atoms with E-state index >= 15 is 0 Å². The number of para-hydroxylation sites is 1. The molecule has 4 N–H and O–H groups in total. The number of aliphatic hydroxyl groups is 1. The van der Waals surface area contributed by atoms with Crippen LogP contribution in [0.2, 0.25) is 5.02 Å². The van der Waals surface area contributed by atoms with E-state index < -0.39 is 23.5 Å². The molecule has 2 fully saturated rings. The molecule has 12 heteroatoms. The van der Waals surface area contributed by atoms with Gasteiger partial charge in [0.15, 0.2) is 0 Å². The number of piperidine rings is 2. The lowest BCUT2D eigenvalue weighted by Crippen LogP contribution is -2.45. The molecule has 0 bridgehead atoms. The molecular formula is C34H44ClN3O7S. The number of hydrogen-bond acceptors (Lipinski definition) is 9. The number of hydrogen-bond donors (Lipinski definition) is 4. The van der Waals surface area contributed by atoms with Crippen LogP contribution in [0.1, 0.15) is 50.2 Å².